The van der Waals surface area contributed by atoms with E-state index in [1.807, 2.05) is 23.1 Å². The summed E-state index contributed by atoms with van der Waals surface area (Å²) >= 11 is 0. The number of amides is 2. The maximum absolute atomic E-state index is 12.6. The second-order valence-electron chi connectivity index (χ2n) is 7.77. The number of benzene rings is 2. The van der Waals surface area contributed by atoms with Gasteiger partial charge in [0, 0.05) is 38.4 Å². The highest BCUT2D eigenvalue weighted by atomic mass is 16.4. The molecular formula is C23H26N4O4. The molecule has 1 saturated heterocycles. The van der Waals surface area contributed by atoms with Crippen LogP contribution in [-0.4, -0.2) is 54.6 Å². The second kappa shape index (κ2) is 9.07. The van der Waals surface area contributed by atoms with E-state index in [1.165, 1.54) is 5.56 Å². The number of anilines is 1. The Morgan fingerprint density at radius 3 is 2.65 bits per heavy atom. The van der Waals surface area contributed by atoms with E-state index in [-0.39, 0.29) is 12.5 Å². The Morgan fingerprint density at radius 1 is 1.06 bits per heavy atom. The molecule has 2 amide bonds. The molecule has 1 aromatic heterocycles. The Labute approximate surface area is 180 Å². The molecular weight excluding hydrogens is 396 g/mol. The summed E-state index contributed by atoms with van der Waals surface area (Å²) in [7, 11) is 1.78. The van der Waals surface area contributed by atoms with Gasteiger partial charge in [-0.1, -0.05) is 30.3 Å². The zero-order valence-electron chi connectivity index (χ0n) is 17.5. The lowest BCUT2D eigenvalue weighted by molar-refractivity contribution is -0.129. The van der Waals surface area contributed by atoms with Crippen LogP contribution in [-0.2, 0) is 11.2 Å². The fourth-order valence-corrected chi connectivity index (χ4v) is 3.75. The van der Waals surface area contributed by atoms with Crippen molar-refractivity contribution >= 4 is 28.7 Å². The number of aryl methyl sites for hydroxylation is 1. The zero-order valence-corrected chi connectivity index (χ0v) is 17.5. The number of rotatable bonds is 6. The van der Waals surface area contributed by atoms with Crippen LogP contribution in [0.25, 0.3) is 11.1 Å². The maximum Gasteiger partial charge on any atom is 0.428 e. The number of unbranched alkanes of at least 4 members (excludes halogenated alkanes) is 1. The Hall–Kier alpha value is -3.55. The van der Waals surface area contributed by atoms with E-state index >= 15 is 0 Å². The van der Waals surface area contributed by atoms with Crippen LogP contribution in [0.15, 0.2) is 57.7 Å². The normalized spacial score (nSPS) is 14.3. The number of carbonyl (C=O) groups is 2. The number of carbonyl (C=O) groups excluding carboxylic acids is 2. The largest absolute Gasteiger partial charge is 0.428 e. The average molecular weight is 422 g/mol. The van der Waals surface area contributed by atoms with Crippen LogP contribution in [0.3, 0.4) is 0 Å². The Balaban J connectivity index is 1.38. The molecule has 0 radical (unpaired) electrons. The molecule has 1 N–H and O–H groups in total. The van der Waals surface area contributed by atoms with Crippen LogP contribution in [0.5, 0.6) is 0 Å². The molecule has 0 unspecified atom stereocenters. The highest BCUT2D eigenvalue weighted by molar-refractivity contribution is 5.90. The molecule has 0 aliphatic carbocycles. The molecule has 2 aromatic carbocycles. The standard InChI is InChI=1S/C23H26N4O4/c1-25-13-14-26(16-21(25)28)18-10-11-19-20(15-18)31-23(30)27(19)22(29)24-12-6-5-9-17-7-3-2-4-8-17/h2-4,7-8,10-11,15H,5-6,9,12-14,16H2,1H3,(H,24,29). The summed E-state index contributed by atoms with van der Waals surface area (Å²) < 4.78 is 6.33. The molecule has 0 atom stereocenters. The first-order valence-electron chi connectivity index (χ1n) is 10.5. The number of hydrogen-bond donors (Lipinski definition) is 1. The van der Waals surface area contributed by atoms with Crippen molar-refractivity contribution in [2.45, 2.75) is 19.3 Å². The van der Waals surface area contributed by atoms with Crippen molar-refractivity contribution in [3.63, 3.8) is 0 Å². The smallest absolute Gasteiger partial charge is 0.407 e. The van der Waals surface area contributed by atoms with Crippen LogP contribution in [0.2, 0.25) is 0 Å². The molecule has 0 spiro atoms. The van der Waals surface area contributed by atoms with E-state index in [0.29, 0.717) is 30.7 Å². The molecule has 3 aromatic rings. The minimum atomic E-state index is -0.719. The number of oxazole rings is 1. The fourth-order valence-electron chi connectivity index (χ4n) is 3.75. The van der Waals surface area contributed by atoms with Crippen molar-refractivity contribution in [1.29, 1.82) is 0 Å². The van der Waals surface area contributed by atoms with E-state index in [2.05, 4.69) is 17.4 Å². The van der Waals surface area contributed by atoms with Crippen LogP contribution in [0.4, 0.5) is 10.5 Å². The summed E-state index contributed by atoms with van der Waals surface area (Å²) in [6.45, 7) is 2.08. The highest BCUT2D eigenvalue weighted by Gasteiger charge is 2.23. The van der Waals surface area contributed by atoms with Gasteiger partial charge < -0.3 is 19.5 Å². The Bertz CT molecular complexity index is 1140. The third-order valence-electron chi connectivity index (χ3n) is 5.60. The number of aromatic nitrogens is 1. The third kappa shape index (κ3) is 4.63. The number of fused-ring (bicyclic) bond motifs is 1. The first-order valence-corrected chi connectivity index (χ1v) is 10.5. The zero-order chi connectivity index (χ0) is 21.8. The van der Waals surface area contributed by atoms with Crippen molar-refractivity contribution < 1.29 is 14.0 Å². The van der Waals surface area contributed by atoms with Gasteiger partial charge in [-0.25, -0.2) is 9.59 Å². The van der Waals surface area contributed by atoms with E-state index in [9.17, 15) is 14.4 Å². The topological polar surface area (TPSA) is 87.8 Å². The molecule has 0 bridgehead atoms. The molecule has 4 rings (SSSR count). The monoisotopic (exact) mass is 422 g/mol. The van der Waals surface area contributed by atoms with Gasteiger partial charge in [0.1, 0.15) is 5.52 Å². The summed E-state index contributed by atoms with van der Waals surface area (Å²) in [4.78, 5) is 40.5. The number of hydrogen-bond acceptors (Lipinski definition) is 5. The molecule has 8 heteroatoms. The van der Waals surface area contributed by atoms with Crippen LogP contribution < -0.4 is 16.0 Å². The molecule has 0 saturated carbocycles. The number of nitrogens with one attached hydrogen (secondary N) is 1. The van der Waals surface area contributed by atoms with Gasteiger partial charge in [0.25, 0.3) is 0 Å². The Kier molecular flexibility index (Phi) is 6.06. The van der Waals surface area contributed by atoms with Crippen molar-refractivity contribution in [3.8, 4) is 0 Å². The summed E-state index contributed by atoms with van der Waals surface area (Å²) in [6, 6.07) is 14.9. The molecule has 1 aliphatic rings. The second-order valence-corrected chi connectivity index (χ2v) is 7.77. The van der Waals surface area contributed by atoms with Gasteiger partial charge in [-0.15, -0.1) is 0 Å². The third-order valence-corrected chi connectivity index (χ3v) is 5.60. The summed E-state index contributed by atoms with van der Waals surface area (Å²) in [5.41, 5.74) is 2.80. The van der Waals surface area contributed by atoms with E-state index in [0.717, 1.165) is 29.5 Å². The molecule has 1 fully saturated rings. The van der Waals surface area contributed by atoms with E-state index in [1.54, 1.807) is 30.1 Å². The van der Waals surface area contributed by atoms with Crippen molar-refractivity contribution in [2.24, 2.45) is 0 Å². The molecule has 2 heterocycles. The van der Waals surface area contributed by atoms with Crippen LogP contribution in [0, 0.1) is 0 Å². The lowest BCUT2D eigenvalue weighted by atomic mass is 10.1. The van der Waals surface area contributed by atoms with Gasteiger partial charge in [-0.05, 0) is 37.0 Å². The number of piperazine rings is 1. The lowest BCUT2D eigenvalue weighted by Crippen LogP contribution is -2.48. The first kappa shape index (κ1) is 20.7. The van der Waals surface area contributed by atoms with E-state index in [4.69, 9.17) is 4.42 Å². The van der Waals surface area contributed by atoms with Crippen LogP contribution in [0.1, 0.15) is 18.4 Å². The average Bonchev–Trinajstić information content (AvgIpc) is 3.11. The van der Waals surface area contributed by atoms with Gasteiger partial charge >= 0.3 is 11.8 Å². The quantitative estimate of drug-likeness (QED) is 0.617. The van der Waals surface area contributed by atoms with Gasteiger partial charge in [-0.2, -0.15) is 4.57 Å². The maximum atomic E-state index is 12.6. The molecule has 162 valence electrons. The Morgan fingerprint density at radius 2 is 1.87 bits per heavy atom. The van der Waals surface area contributed by atoms with Gasteiger partial charge in [0.05, 0.1) is 6.54 Å². The lowest BCUT2D eigenvalue weighted by Gasteiger charge is -2.33. The van der Waals surface area contributed by atoms with Gasteiger partial charge in [0.15, 0.2) is 5.58 Å². The van der Waals surface area contributed by atoms with Crippen molar-refractivity contribution in [1.82, 2.24) is 14.8 Å². The molecule has 8 nitrogen and oxygen atoms in total. The molecule has 31 heavy (non-hydrogen) atoms. The van der Waals surface area contributed by atoms with Gasteiger partial charge in [-0.3, -0.25) is 4.79 Å². The first-order chi connectivity index (χ1) is 15.0. The minimum Gasteiger partial charge on any atom is -0.407 e. The van der Waals surface area contributed by atoms with Gasteiger partial charge in [0.2, 0.25) is 5.91 Å². The highest BCUT2D eigenvalue weighted by Crippen LogP contribution is 2.23. The van der Waals surface area contributed by atoms with E-state index < -0.39 is 11.8 Å². The fraction of sp³-hybridized carbons (Fsp3) is 0.348. The van der Waals surface area contributed by atoms with Crippen molar-refractivity contribution in [3.05, 3.63) is 64.6 Å². The minimum absolute atomic E-state index is 0.0389. The van der Waals surface area contributed by atoms with Crippen LogP contribution >= 0.6 is 0 Å². The molecule has 1 aliphatic heterocycles. The van der Waals surface area contributed by atoms with Crippen molar-refractivity contribution in [2.75, 3.05) is 38.1 Å². The predicted octanol–water partition coefficient (Wildman–Crippen LogP) is 2.45. The summed E-state index contributed by atoms with van der Waals surface area (Å²) in [6.07, 6.45) is 2.70. The summed E-state index contributed by atoms with van der Waals surface area (Å²) in [5.74, 6) is -0.680. The SMILES string of the molecule is CN1CCN(c2ccc3c(c2)oc(=O)n3C(=O)NCCCCc2ccccc2)CC1=O. The number of likely N-dealkylation sites (N-methyl/N-ethyl adjacent to an activating group) is 1. The number of nitrogens with zero attached hydrogens (tertiary/aromatic N) is 3. The predicted molar refractivity (Wildman–Crippen MR) is 119 cm³/mol. The summed E-state index contributed by atoms with van der Waals surface area (Å²) in [5, 5.41) is 2.80.